The number of H-pyrrole nitrogens is 1. The zero-order valence-corrected chi connectivity index (χ0v) is 11.3. The molecule has 0 aliphatic carbocycles. The van der Waals surface area contributed by atoms with Crippen molar-refractivity contribution in [3.63, 3.8) is 0 Å². The van der Waals surface area contributed by atoms with Crippen LogP contribution in [0.5, 0.6) is 0 Å². The van der Waals surface area contributed by atoms with E-state index in [0.29, 0.717) is 12.5 Å². The van der Waals surface area contributed by atoms with Crippen molar-refractivity contribution in [3.8, 4) is 0 Å². The number of nitrogens with two attached hydrogens (primary N) is 1. The van der Waals surface area contributed by atoms with E-state index < -0.39 is 0 Å². The number of aromatic amines is 1. The fourth-order valence-electron chi connectivity index (χ4n) is 2.14. The summed E-state index contributed by atoms with van der Waals surface area (Å²) in [5.41, 5.74) is 7.41. The average molecular weight is 260 g/mol. The van der Waals surface area contributed by atoms with Crippen LogP contribution in [0.3, 0.4) is 0 Å². The van der Waals surface area contributed by atoms with Crippen molar-refractivity contribution in [2.24, 2.45) is 17.6 Å². The normalized spacial score (nSPS) is 12.8. The molecule has 0 aliphatic heterocycles. The summed E-state index contributed by atoms with van der Waals surface area (Å²) in [6.45, 7) is 4.55. The summed E-state index contributed by atoms with van der Waals surface area (Å²) in [7, 11) is 0. The summed E-state index contributed by atoms with van der Waals surface area (Å²) in [5, 5.41) is 10.7. The molecule has 0 spiro atoms. The fourth-order valence-corrected chi connectivity index (χ4v) is 2.14. The molecule has 4 N–H and O–H groups in total. The van der Waals surface area contributed by atoms with E-state index in [1.54, 1.807) is 6.20 Å². The SMILES string of the molecule is CC(C)CC(CN)C(=O)Nc1ccc2[nH]ncc2c1. The first-order valence-electron chi connectivity index (χ1n) is 6.54. The molecule has 19 heavy (non-hydrogen) atoms. The molecule has 2 rings (SSSR count). The van der Waals surface area contributed by atoms with Crippen molar-refractivity contribution in [1.82, 2.24) is 10.2 Å². The first-order valence-corrected chi connectivity index (χ1v) is 6.54. The number of rotatable bonds is 5. The lowest BCUT2D eigenvalue weighted by Gasteiger charge is -2.16. The first kappa shape index (κ1) is 13.5. The van der Waals surface area contributed by atoms with Crippen LogP contribution >= 0.6 is 0 Å². The molecule has 1 heterocycles. The lowest BCUT2D eigenvalue weighted by atomic mass is 9.96. The van der Waals surface area contributed by atoms with E-state index in [9.17, 15) is 4.79 Å². The largest absolute Gasteiger partial charge is 0.330 e. The summed E-state index contributed by atoms with van der Waals surface area (Å²) in [4.78, 5) is 12.1. The average Bonchev–Trinajstić information content (AvgIpc) is 2.82. The molecule has 0 saturated heterocycles. The first-order chi connectivity index (χ1) is 9.10. The molecule has 1 unspecified atom stereocenters. The number of hydrogen-bond donors (Lipinski definition) is 3. The van der Waals surface area contributed by atoms with E-state index in [1.807, 2.05) is 18.2 Å². The van der Waals surface area contributed by atoms with Crippen molar-refractivity contribution >= 4 is 22.5 Å². The van der Waals surface area contributed by atoms with Gasteiger partial charge in [0.1, 0.15) is 0 Å². The zero-order valence-electron chi connectivity index (χ0n) is 11.3. The number of nitrogens with one attached hydrogen (secondary N) is 2. The third-order valence-corrected chi connectivity index (χ3v) is 3.12. The highest BCUT2D eigenvalue weighted by Crippen LogP contribution is 2.18. The molecule has 0 saturated carbocycles. The summed E-state index contributed by atoms with van der Waals surface area (Å²) in [6.07, 6.45) is 2.54. The zero-order chi connectivity index (χ0) is 13.8. The number of hydrogen-bond acceptors (Lipinski definition) is 3. The molecular formula is C14H20N4O. The quantitative estimate of drug-likeness (QED) is 0.770. The Morgan fingerprint density at radius 3 is 2.95 bits per heavy atom. The van der Waals surface area contributed by atoms with Crippen LogP contribution in [0, 0.1) is 11.8 Å². The maximum Gasteiger partial charge on any atom is 0.228 e. The molecule has 102 valence electrons. The van der Waals surface area contributed by atoms with E-state index in [4.69, 9.17) is 5.73 Å². The number of aromatic nitrogens is 2. The summed E-state index contributed by atoms with van der Waals surface area (Å²) < 4.78 is 0. The molecule has 0 radical (unpaired) electrons. The Bertz CT molecular complexity index is 561. The van der Waals surface area contributed by atoms with Crippen LogP contribution in [-0.2, 0) is 4.79 Å². The molecule has 0 fully saturated rings. The molecule has 0 aliphatic rings. The number of nitrogens with zero attached hydrogens (tertiary/aromatic N) is 1. The maximum absolute atomic E-state index is 12.1. The van der Waals surface area contributed by atoms with E-state index in [2.05, 4.69) is 29.4 Å². The van der Waals surface area contributed by atoms with Crippen LogP contribution in [0.15, 0.2) is 24.4 Å². The van der Waals surface area contributed by atoms with Crippen LogP contribution in [0.1, 0.15) is 20.3 Å². The lowest BCUT2D eigenvalue weighted by molar-refractivity contribution is -0.120. The topological polar surface area (TPSA) is 83.8 Å². The third-order valence-electron chi connectivity index (χ3n) is 3.12. The second-order valence-electron chi connectivity index (χ2n) is 5.22. The Hall–Kier alpha value is -1.88. The van der Waals surface area contributed by atoms with Gasteiger partial charge in [-0.2, -0.15) is 5.10 Å². The Kier molecular flexibility index (Phi) is 4.16. The van der Waals surface area contributed by atoms with Gasteiger partial charge in [0.05, 0.1) is 17.6 Å². The fraction of sp³-hybridized carbons (Fsp3) is 0.429. The molecule has 5 nitrogen and oxygen atoms in total. The molecule has 0 bridgehead atoms. The van der Waals surface area contributed by atoms with Gasteiger partial charge in [-0.3, -0.25) is 9.89 Å². The lowest BCUT2D eigenvalue weighted by Crippen LogP contribution is -2.30. The van der Waals surface area contributed by atoms with Crippen LogP contribution in [-0.4, -0.2) is 22.6 Å². The molecule has 2 aromatic rings. The minimum atomic E-state index is -0.139. The number of benzene rings is 1. The second kappa shape index (κ2) is 5.84. The third kappa shape index (κ3) is 3.32. The summed E-state index contributed by atoms with van der Waals surface area (Å²) >= 11 is 0. The number of amides is 1. The van der Waals surface area contributed by atoms with Crippen molar-refractivity contribution in [3.05, 3.63) is 24.4 Å². The number of carbonyl (C=O) groups is 1. The molecule has 1 aromatic carbocycles. The molecule has 1 amide bonds. The molecule has 5 heteroatoms. The number of anilines is 1. The van der Waals surface area contributed by atoms with Crippen LogP contribution in [0.4, 0.5) is 5.69 Å². The van der Waals surface area contributed by atoms with Gasteiger partial charge < -0.3 is 11.1 Å². The van der Waals surface area contributed by atoms with Gasteiger partial charge in [0, 0.05) is 17.6 Å². The minimum Gasteiger partial charge on any atom is -0.330 e. The van der Waals surface area contributed by atoms with Gasteiger partial charge in [0.2, 0.25) is 5.91 Å². The summed E-state index contributed by atoms with van der Waals surface area (Å²) in [6, 6.07) is 5.67. The van der Waals surface area contributed by atoms with Gasteiger partial charge in [-0.05, 0) is 30.5 Å². The standard InChI is InChI=1S/C14H20N4O/c1-9(2)5-10(7-15)14(19)17-12-3-4-13-11(6-12)8-16-18-13/h3-4,6,8-10H,5,7,15H2,1-2H3,(H,16,18)(H,17,19). The Morgan fingerprint density at radius 1 is 1.47 bits per heavy atom. The van der Waals surface area contributed by atoms with Gasteiger partial charge in [-0.1, -0.05) is 13.8 Å². The smallest absolute Gasteiger partial charge is 0.228 e. The van der Waals surface area contributed by atoms with Crippen LogP contribution in [0.2, 0.25) is 0 Å². The van der Waals surface area contributed by atoms with Crippen molar-refractivity contribution in [2.75, 3.05) is 11.9 Å². The number of fused-ring (bicyclic) bond motifs is 1. The van der Waals surface area contributed by atoms with Crippen LogP contribution < -0.4 is 11.1 Å². The van der Waals surface area contributed by atoms with Gasteiger partial charge >= 0.3 is 0 Å². The molecular weight excluding hydrogens is 240 g/mol. The highest BCUT2D eigenvalue weighted by atomic mass is 16.1. The van der Waals surface area contributed by atoms with E-state index in [1.165, 1.54) is 0 Å². The Morgan fingerprint density at radius 2 is 2.26 bits per heavy atom. The van der Waals surface area contributed by atoms with E-state index in [0.717, 1.165) is 23.0 Å². The minimum absolute atomic E-state index is 0.0148. The predicted molar refractivity (Wildman–Crippen MR) is 76.7 cm³/mol. The van der Waals surface area contributed by atoms with Crippen molar-refractivity contribution in [1.29, 1.82) is 0 Å². The molecule has 1 aromatic heterocycles. The van der Waals surface area contributed by atoms with E-state index >= 15 is 0 Å². The van der Waals surface area contributed by atoms with Crippen LogP contribution in [0.25, 0.3) is 10.9 Å². The molecule has 1 atom stereocenters. The van der Waals surface area contributed by atoms with Crippen molar-refractivity contribution in [2.45, 2.75) is 20.3 Å². The number of carbonyl (C=O) groups excluding carboxylic acids is 1. The predicted octanol–water partition coefficient (Wildman–Crippen LogP) is 2.12. The second-order valence-corrected chi connectivity index (χ2v) is 5.22. The highest BCUT2D eigenvalue weighted by molar-refractivity contribution is 5.95. The van der Waals surface area contributed by atoms with Gasteiger partial charge in [-0.15, -0.1) is 0 Å². The maximum atomic E-state index is 12.1. The van der Waals surface area contributed by atoms with Gasteiger partial charge in [0.25, 0.3) is 0 Å². The summed E-state index contributed by atoms with van der Waals surface area (Å²) in [5.74, 6) is 0.301. The van der Waals surface area contributed by atoms with Crippen molar-refractivity contribution < 1.29 is 4.79 Å². The Labute approximate surface area is 112 Å². The van der Waals surface area contributed by atoms with Gasteiger partial charge in [0.15, 0.2) is 0 Å². The van der Waals surface area contributed by atoms with Gasteiger partial charge in [-0.25, -0.2) is 0 Å². The Balaban J connectivity index is 2.08. The van der Waals surface area contributed by atoms with E-state index in [-0.39, 0.29) is 11.8 Å². The highest BCUT2D eigenvalue weighted by Gasteiger charge is 2.18. The monoisotopic (exact) mass is 260 g/mol.